The molecule has 3 aliphatic rings. The number of likely N-dealkylation sites (tertiary alicyclic amines) is 1. The van der Waals surface area contributed by atoms with Crippen LogP contribution < -0.4 is 4.74 Å². The van der Waals surface area contributed by atoms with E-state index in [1.165, 1.54) is 5.56 Å². The van der Waals surface area contributed by atoms with Gasteiger partial charge in [-0.3, -0.25) is 0 Å². The third kappa shape index (κ3) is 2.50. The summed E-state index contributed by atoms with van der Waals surface area (Å²) < 4.78 is 13.5. The maximum absolute atomic E-state index is 6.61. The number of hydrazone groups is 1. The van der Waals surface area contributed by atoms with Crippen molar-refractivity contribution in [1.82, 2.24) is 9.91 Å². The van der Waals surface area contributed by atoms with E-state index in [0.29, 0.717) is 0 Å². The van der Waals surface area contributed by atoms with Crippen molar-refractivity contribution in [2.24, 2.45) is 5.10 Å². The van der Waals surface area contributed by atoms with E-state index in [-0.39, 0.29) is 11.8 Å². The number of nitrogens with zero attached hydrogens (tertiary/aromatic N) is 3. The van der Waals surface area contributed by atoms with E-state index in [2.05, 4.69) is 51.1 Å². The van der Waals surface area contributed by atoms with Crippen LogP contribution in [0.4, 0.5) is 0 Å². The van der Waals surface area contributed by atoms with Gasteiger partial charge in [0, 0.05) is 42.4 Å². The number of aryl methyl sites for hydroxylation is 1. The summed E-state index contributed by atoms with van der Waals surface area (Å²) in [5.41, 5.74) is 1.85. The molecular weight excluding hydrogens is 394 g/mol. The topological polar surface area (TPSA) is 41.2 Å². The van der Waals surface area contributed by atoms with E-state index in [4.69, 9.17) is 14.3 Å². The van der Waals surface area contributed by atoms with Crippen LogP contribution in [0.2, 0.25) is 0 Å². The summed E-state index contributed by atoms with van der Waals surface area (Å²) in [4.78, 5) is 2.36. The Kier molecular flexibility index (Phi) is 3.69. The molecular formula is C20H22BrN3O2. The molecule has 1 atom stereocenters. The predicted molar refractivity (Wildman–Crippen MR) is 103 cm³/mol. The number of piperidine rings is 1. The van der Waals surface area contributed by atoms with Crippen LogP contribution in [-0.2, 0) is 0 Å². The van der Waals surface area contributed by atoms with Gasteiger partial charge < -0.3 is 14.1 Å². The molecule has 0 N–H and O–H groups in total. The molecule has 5 nitrogen and oxygen atoms in total. The van der Waals surface area contributed by atoms with Crippen LogP contribution in [0.1, 0.15) is 42.4 Å². The second-order valence-electron chi connectivity index (χ2n) is 7.56. The van der Waals surface area contributed by atoms with E-state index >= 15 is 0 Å². The van der Waals surface area contributed by atoms with E-state index in [1.54, 1.807) is 0 Å². The van der Waals surface area contributed by atoms with Gasteiger partial charge in [-0.2, -0.15) is 5.10 Å². The van der Waals surface area contributed by atoms with E-state index in [1.807, 2.05) is 19.1 Å². The van der Waals surface area contributed by atoms with Gasteiger partial charge in [-0.25, -0.2) is 5.01 Å². The lowest BCUT2D eigenvalue weighted by molar-refractivity contribution is -0.147. The number of halogens is 1. The molecule has 1 aromatic heterocycles. The Hall–Kier alpha value is -1.79. The maximum Gasteiger partial charge on any atom is 0.200 e. The molecule has 1 spiro atoms. The first-order chi connectivity index (χ1) is 12.5. The van der Waals surface area contributed by atoms with Crippen LogP contribution in [0.15, 0.2) is 44.3 Å². The van der Waals surface area contributed by atoms with Gasteiger partial charge in [0.2, 0.25) is 5.72 Å². The van der Waals surface area contributed by atoms with Crippen LogP contribution in [0.25, 0.3) is 0 Å². The van der Waals surface area contributed by atoms with Gasteiger partial charge in [-0.1, -0.05) is 15.9 Å². The van der Waals surface area contributed by atoms with Crippen molar-refractivity contribution in [3.8, 4) is 5.75 Å². The molecule has 0 radical (unpaired) electrons. The normalized spacial score (nSPS) is 24.2. The van der Waals surface area contributed by atoms with Crippen LogP contribution in [0, 0.1) is 6.92 Å². The molecule has 1 aromatic carbocycles. The molecule has 0 bridgehead atoms. The molecule has 2 aromatic rings. The Labute approximate surface area is 161 Å². The van der Waals surface area contributed by atoms with Gasteiger partial charge in [0.15, 0.2) is 0 Å². The van der Waals surface area contributed by atoms with E-state index in [0.717, 1.165) is 59.8 Å². The highest BCUT2D eigenvalue weighted by atomic mass is 79.9. The Morgan fingerprint density at radius 2 is 2.00 bits per heavy atom. The van der Waals surface area contributed by atoms with Crippen molar-refractivity contribution in [3.63, 3.8) is 0 Å². The lowest BCUT2D eigenvalue weighted by Gasteiger charge is -2.50. The fourth-order valence-electron chi connectivity index (χ4n) is 4.29. The number of rotatable bonds is 1. The molecule has 0 saturated carbocycles. The number of hydrogen-bond donors (Lipinski definition) is 0. The number of fused-ring (bicyclic) bond motifs is 4. The third-order valence-electron chi connectivity index (χ3n) is 5.75. The molecule has 6 heteroatoms. The smallest absolute Gasteiger partial charge is 0.200 e. The molecule has 0 aliphatic carbocycles. The van der Waals surface area contributed by atoms with Gasteiger partial charge in [0.1, 0.15) is 23.0 Å². The van der Waals surface area contributed by atoms with E-state index < -0.39 is 0 Å². The zero-order chi connectivity index (χ0) is 17.9. The summed E-state index contributed by atoms with van der Waals surface area (Å²) >= 11 is 3.61. The standard InChI is InChI=1S/C20H22BrN3O2/c1-13-3-5-19(25-13)16-12-17-15-11-14(21)4-6-18(15)26-20(24(17)22-16)7-9-23(2)10-8-20/h3-6,11,17H,7-10,12H2,1-2H3. The Balaban J connectivity index is 1.59. The molecule has 26 heavy (non-hydrogen) atoms. The van der Waals surface area contributed by atoms with Crippen LogP contribution in [0.5, 0.6) is 5.75 Å². The minimum absolute atomic E-state index is 0.195. The fraction of sp³-hybridized carbons (Fsp3) is 0.450. The van der Waals surface area contributed by atoms with Crippen molar-refractivity contribution in [3.05, 3.63) is 51.9 Å². The highest BCUT2D eigenvalue weighted by Gasteiger charge is 2.51. The molecule has 4 heterocycles. The molecule has 1 saturated heterocycles. The van der Waals surface area contributed by atoms with Crippen LogP contribution >= 0.6 is 15.9 Å². The Morgan fingerprint density at radius 1 is 1.19 bits per heavy atom. The van der Waals surface area contributed by atoms with Crippen molar-refractivity contribution < 1.29 is 9.15 Å². The third-order valence-corrected chi connectivity index (χ3v) is 6.25. The lowest BCUT2D eigenvalue weighted by Crippen LogP contribution is -2.58. The van der Waals surface area contributed by atoms with Crippen molar-refractivity contribution in [1.29, 1.82) is 0 Å². The second kappa shape index (κ2) is 5.86. The predicted octanol–water partition coefficient (Wildman–Crippen LogP) is 4.32. The molecule has 136 valence electrons. The largest absolute Gasteiger partial charge is 0.466 e. The van der Waals surface area contributed by atoms with Gasteiger partial charge in [0.25, 0.3) is 0 Å². The summed E-state index contributed by atoms with van der Waals surface area (Å²) in [6.45, 7) is 4.00. The fourth-order valence-corrected chi connectivity index (χ4v) is 4.67. The minimum atomic E-state index is -0.360. The molecule has 1 unspecified atom stereocenters. The molecule has 1 fully saturated rings. The van der Waals surface area contributed by atoms with Gasteiger partial charge in [-0.05, 0) is 44.3 Å². The number of hydrogen-bond acceptors (Lipinski definition) is 5. The number of furan rings is 1. The first-order valence-corrected chi connectivity index (χ1v) is 9.94. The maximum atomic E-state index is 6.61. The lowest BCUT2D eigenvalue weighted by atomic mass is 9.91. The van der Waals surface area contributed by atoms with Crippen molar-refractivity contribution in [2.45, 2.75) is 38.0 Å². The average Bonchev–Trinajstić information content (AvgIpc) is 3.25. The highest BCUT2D eigenvalue weighted by molar-refractivity contribution is 9.10. The van der Waals surface area contributed by atoms with Crippen molar-refractivity contribution >= 4 is 21.6 Å². The Morgan fingerprint density at radius 3 is 2.73 bits per heavy atom. The average molecular weight is 416 g/mol. The Bertz CT molecular complexity index is 883. The zero-order valence-corrected chi connectivity index (χ0v) is 16.6. The summed E-state index contributed by atoms with van der Waals surface area (Å²) in [6.07, 6.45) is 2.74. The van der Waals surface area contributed by atoms with Gasteiger partial charge >= 0.3 is 0 Å². The number of benzene rings is 1. The summed E-state index contributed by atoms with van der Waals surface area (Å²) in [5, 5.41) is 7.25. The van der Waals surface area contributed by atoms with Gasteiger partial charge in [-0.15, -0.1) is 0 Å². The van der Waals surface area contributed by atoms with Crippen LogP contribution in [0.3, 0.4) is 0 Å². The monoisotopic (exact) mass is 415 g/mol. The summed E-state index contributed by atoms with van der Waals surface area (Å²) in [7, 11) is 2.17. The van der Waals surface area contributed by atoms with Gasteiger partial charge in [0.05, 0.1) is 6.04 Å². The molecule has 0 amide bonds. The molecule has 3 aliphatic heterocycles. The SMILES string of the molecule is Cc1ccc(C2=NN3C(C2)c2cc(Br)ccc2OC32CCN(C)CC2)o1. The van der Waals surface area contributed by atoms with E-state index in [9.17, 15) is 0 Å². The quantitative estimate of drug-likeness (QED) is 0.695. The second-order valence-corrected chi connectivity index (χ2v) is 8.47. The zero-order valence-electron chi connectivity index (χ0n) is 15.0. The summed E-state index contributed by atoms with van der Waals surface area (Å²) in [5.74, 6) is 2.78. The highest BCUT2D eigenvalue weighted by Crippen LogP contribution is 2.50. The summed E-state index contributed by atoms with van der Waals surface area (Å²) in [6, 6.07) is 10.5. The molecule has 5 rings (SSSR count). The number of ether oxygens (including phenoxy) is 1. The minimum Gasteiger partial charge on any atom is -0.466 e. The van der Waals surface area contributed by atoms with Crippen LogP contribution in [-0.4, -0.2) is 41.5 Å². The first-order valence-electron chi connectivity index (χ1n) is 9.15. The van der Waals surface area contributed by atoms with Crippen molar-refractivity contribution in [2.75, 3.05) is 20.1 Å². The first kappa shape index (κ1) is 16.4.